The predicted octanol–water partition coefficient (Wildman–Crippen LogP) is 12.3. The summed E-state index contributed by atoms with van der Waals surface area (Å²) in [5.41, 5.74) is 18.5. The van der Waals surface area contributed by atoms with Gasteiger partial charge in [0.25, 0.3) is 0 Å². The second-order valence-electron chi connectivity index (χ2n) is 23.2. The lowest BCUT2D eigenvalue weighted by molar-refractivity contribution is -0.175. The lowest BCUT2D eigenvalue weighted by Crippen LogP contribution is -2.59. The Kier molecular flexibility index (Phi) is 4.58. The van der Waals surface area contributed by atoms with E-state index in [0.29, 0.717) is 16.2 Å². The van der Waals surface area contributed by atoms with Crippen LogP contribution < -0.4 is 10.9 Å². The molecule has 0 N–H and O–H groups in total. The molecule has 2 aliphatic heterocycles. The highest BCUT2D eigenvalue weighted by atomic mass is 15.0. The molecule has 4 heterocycles. The molecular weight excluding hydrogens is 735 g/mol. The average Bonchev–Trinajstić information content (AvgIpc) is 4.10. The maximum absolute atomic E-state index is 2.88. The third-order valence-electron chi connectivity index (χ3n) is 21.9. The Morgan fingerprint density at radius 2 is 1.13 bits per heavy atom. The van der Waals surface area contributed by atoms with E-state index < -0.39 is 0 Å². The third-order valence-corrected chi connectivity index (χ3v) is 21.9. The second kappa shape index (κ2) is 9.10. The molecule has 0 amide bonds. The Bertz CT molecular complexity index is 3680. The van der Waals surface area contributed by atoms with Gasteiger partial charge in [-0.15, -0.1) is 0 Å². The summed E-state index contributed by atoms with van der Waals surface area (Å²) in [6.07, 6.45) is 14.7. The van der Waals surface area contributed by atoms with Gasteiger partial charge in [0.1, 0.15) is 0 Å². The van der Waals surface area contributed by atoms with Crippen LogP contribution in [0.2, 0.25) is 0 Å². The maximum atomic E-state index is 2.88. The number of rotatable bonds is 2. The van der Waals surface area contributed by atoms with Crippen LogP contribution in [0.15, 0.2) is 115 Å². The molecule has 4 bridgehead atoms. The van der Waals surface area contributed by atoms with Gasteiger partial charge in [-0.1, -0.05) is 84.9 Å². The highest BCUT2D eigenvalue weighted by Gasteiger charge is 2.78. The maximum Gasteiger partial charge on any atom is 0.333 e. The summed E-state index contributed by atoms with van der Waals surface area (Å²) in [5.74, 6) is 5.99. The van der Waals surface area contributed by atoms with Crippen LogP contribution in [0, 0.1) is 46.3 Å². The summed E-state index contributed by atoms with van der Waals surface area (Å²) in [5, 5.41) is 11.3. The van der Waals surface area contributed by atoms with Gasteiger partial charge in [-0.3, -0.25) is 0 Å². The Labute approximate surface area is 355 Å². The average molecular weight is 781 g/mol. The van der Waals surface area contributed by atoms with E-state index in [1.165, 1.54) is 152 Å². The topological polar surface area (TPSA) is 9.86 Å². The molecule has 4 atom stereocenters. The fourth-order valence-electron chi connectivity index (χ4n) is 19.9. The van der Waals surface area contributed by atoms with Gasteiger partial charge in [0.05, 0.1) is 11.0 Å². The van der Waals surface area contributed by atoms with E-state index in [-0.39, 0.29) is 6.85 Å². The van der Waals surface area contributed by atoms with Crippen molar-refractivity contribution in [1.29, 1.82) is 0 Å². The minimum atomic E-state index is 0.0931. The molecule has 9 aromatic rings. The number of nitrogens with zero attached hydrogens (tertiary/aromatic N) is 2. The van der Waals surface area contributed by atoms with Crippen LogP contribution in [0.1, 0.15) is 75.3 Å². The number of hydrogen-bond donors (Lipinski definition) is 0. The van der Waals surface area contributed by atoms with E-state index in [9.17, 15) is 0 Å². The normalized spacial score (nSPS) is 36.4. The summed E-state index contributed by atoms with van der Waals surface area (Å²) in [4.78, 5) is 0. The van der Waals surface area contributed by atoms with E-state index in [0.717, 1.165) is 40.9 Å². The minimum absolute atomic E-state index is 0.0931. The SMILES string of the molecule is c1ccc2c3c4c(cc2c1)-n1c2c(cccc2c2ccc5ccccc5c21)B4n1c2ccc(C45CC6CC7CC(C4)C76C5)cc2c2cc(C45CC6CC7CC(C4)C76C5)cc-3c21. The number of fused-ring (bicyclic) bond motifs is 16. The summed E-state index contributed by atoms with van der Waals surface area (Å²) < 4.78 is 5.60. The standard InChI is InChI=1S/C58H45BN2/c1-4-9-41-30(6-1)12-14-43-42-10-5-11-47-54(42)60(52(41)43)49-16-31-7-2-3-8-40(31)50-46-23-33(56-26-38-19-35-20-39(27-56)58(35,38)29-56)22-45-44-21-32(13-15-48(44)61(53(45)46)59(47)51(49)50)55-24-36-17-34-18-37(25-55)57(34,36)28-55/h1-16,21-23,34-39H,17-20,24-29H2. The monoisotopic (exact) mass is 780 g/mol. The van der Waals surface area contributed by atoms with E-state index in [2.05, 4.69) is 124 Å². The molecule has 0 radical (unpaired) electrons. The molecular formula is C58H45BN2. The van der Waals surface area contributed by atoms with Crippen molar-refractivity contribution in [2.75, 3.05) is 0 Å². The Morgan fingerprint density at radius 3 is 1.87 bits per heavy atom. The first-order chi connectivity index (χ1) is 30.1. The van der Waals surface area contributed by atoms with Crippen molar-refractivity contribution in [2.45, 2.75) is 75.0 Å². The van der Waals surface area contributed by atoms with Gasteiger partial charge < -0.3 is 9.05 Å². The van der Waals surface area contributed by atoms with Gasteiger partial charge in [0.15, 0.2) is 0 Å². The molecule has 290 valence electrons. The van der Waals surface area contributed by atoms with Gasteiger partial charge in [0.2, 0.25) is 0 Å². The van der Waals surface area contributed by atoms with Gasteiger partial charge in [-0.2, -0.15) is 0 Å². The first kappa shape index (κ1) is 30.7. The van der Waals surface area contributed by atoms with Crippen molar-refractivity contribution >= 4 is 82.9 Å². The zero-order valence-electron chi connectivity index (χ0n) is 34.5. The lowest BCUT2D eigenvalue weighted by Gasteiger charge is -2.66. The van der Waals surface area contributed by atoms with Crippen LogP contribution in [-0.2, 0) is 10.8 Å². The van der Waals surface area contributed by atoms with Crippen molar-refractivity contribution in [3.05, 3.63) is 126 Å². The molecule has 8 fully saturated rings. The molecule has 7 aromatic carbocycles. The van der Waals surface area contributed by atoms with Crippen molar-refractivity contribution in [3.63, 3.8) is 0 Å². The van der Waals surface area contributed by atoms with E-state index in [1.807, 2.05) is 0 Å². The molecule has 4 unspecified atom stereocenters. The van der Waals surface area contributed by atoms with Crippen LogP contribution in [0.25, 0.3) is 82.0 Å². The van der Waals surface area contributed by atoms with Gasteiger partial charge in [-0.25, -0.2) is 0 Å². The van der Waals surface area contributed by atoms with Crippen LogP contribution in [-0.4, -0.2) is 15.9 Å². The molecule has 19 rings (SSSR count). The molecule has 8 aliphatic carbocycles. The molecule has 0 saturated heterocycles. The minimum Gasteiger partial charge on any atom is -0.375 e. The first-order valence-electron chi connectivity index (χ1n) is 24.2. The molecule has 2 aromatic heterocycles. The Morgan fingerprint density at radius 1 is 0.475 bits per heavy atom. The van der Waals surface area contributed by atoms with Crippen LogP contribution >= 0.6 is 0 Å². The lowest BCUT2D eigenvalue weighted by atomic mass is 9.38. The zero-order valence-corrected chi connectivity index (χ0v) is 34.5. The van der Waals surface area contributed by atoms with Crippen LogP contribution in [0.5, 0.6) is 0 Å². The number of benzene rings is 7. The number of aromatic nitrogens is 2. The van der Waals surface area contributed by atoms with Crippen LogP contribution in [0.4, 0.5) is 0 Å². The zero-order chi connectivity index (χ0) is 38.7. The predicted molar refractivity (Wildman–Crippen MR) is 250 cm³/mol. The first-order valence-corrected chi connectivity index (χ1v) is 24.2. The molecule has 2 spiro atoms. The highest BCUT2D eigenvalue weighted by molar-refractivity contribution is 6.90. The third kappa shape index (κ3) is 2.91. The fourth-order valence-corrected chi connectivity index (χ4v) is 19.9. The molecule has 2 nitrogen and oxygen atoms in total. The van der Waals surface area contributed by atoms with E-state index >= 15 is 0 Å². The van der Waals surface area contributed by atoms with Crippen molar-refractivity contribution in [1.82, 2.24) is 9.05 Å². The fraction of sp³-hybridized carbons (Fsp3) is 0.345. The van der Waals surface area contributed by atoms with Crippen molar-refractivity contribution in [3.8, 4) is 16.8 Å². The summed E-state index contributed by atoms with van der Waals surface area (Å²) in [6, 6.07) is 46.8. The summed E-state index contributed by atoms with van der Waals surface area (Å²) in [6.45, 7) is 0.0931. The quantitative estimate of drug-likeness (QED) is 0.155. The van der Waals surface area contributed by atoms with E-state index in [4.69, 9.17) is 0 Å². The smallest absolute Gasteiger partial charge is 0.333 e. The van der Waals surface area contributed by atoms with Gasteiger partial charge >= 0.3 is 6.85 Å². The Hall–Kier alpha value is -5.28. The largest absolute Gasteiger partial charge is 0.375 e. The molecule has 8 saturated carbocycles. The number of hydrogen-bond acceptors (Lipinski definition) is 0. The van der Waals surface area contributed by atoms with Crippen molar-refractivity contribution < 1.29 is 0 Å². The molecule has 61 heavy (non-hydrogen) atoms. The second-order valence-corrected chi connectivity index (χ2v) is 23.2. The summed E-state index contributed by atoms with van der Waals surface area (Å²) in [7, 11) is 0. The Balaban J connectivity index is 0.975. The highest BCUT2D eigenvalue weighted by Crippen LogP contribution is 2.85. The summed E-state index contributed by atoms with van der Waals surface area (Å²) >= 11 is 0. The van der Waals surface area contributed by atoms with Crippen LogP contribution in [0.3, 0.4) is 0 Å². The molecule has 10 aliphatic rings. The molecule has 3 heteroatoms. The van der Waals surface area contributed by atoms with E-state index in [1.54, 1.807) is 16.5 Å². The van der Waals surface area contributed by atoms with Gasteiger partial charge in [-0.05, 0) is 195 Å². The number of para-hydroxylation sites is 1. The van der Waals surface area contributed by atoms with Crippen molar-refractivity contribution in [2.24, 2.45) is 46.3 Å². The van der Waals surface area contributed by atoms with Gasteiger partial charge in [0, 0.05) is 49.2 Å².